The summed E-state index contributed by atoms with van der Waals surface area (Å²) in [5, 5.41) is 3.39. The molecule has 19 heavy (non-hydrogen) atoms. The lowest BCUT2D eigenvalue weighted by Gasteiger charge is -2.55. The van der Waals surface area contributed by atoms with Crippen molar-refractivity contribution in [1.82, 2.24) is 5.32 Å². The SMILES string of the molecule is CCC1(CC)C(NC)CC1Oc1ccc(F)cc1C. The number of rotatable bonds is 5. The molecule has 3 heteroatoms. The van der Waals surface area contributed by atoms with E-state index >= 15 is 0 Å². The first-order valence-electron chi connectivity index (χ1n) is 7.17. The fraction of sp³-hybridized carbons (Fsp3) is 0.625. The monoisotopic (exact) mass is 265 g/mol. The molecule has 1 saturated carbocycles. The maximum atomic E-state index is 13.1. The second-order valence-electron chi connectivity index (χ2n) is 5.53. The second-order valence-corrected chi connectivity index (χ2v) is 5.53. The lowest BCUT2D eigenvalue weighted by atomic mass is 9.58. The van der Waals surface area contributed by atoms with Crippen molar-refractivity contribution < 1.29 is 9.13 Å². The van der Waals surface area contributed by atoms with Crippen LogP contribution < -0.4 is 10.1 Å². The molecule has 1 aromatic rings. The van der Waals surface area contributed by atoms with Gasteiger partial charge in [-0.1, -0.05) is 13.8 Å². The van der Waals surface area contributed by atoms with E-state index in [-0.39, 0.29) is 17.3 Å². The van der Waals surface area contributed by atoms with Gasteiger partial charge in [0.05, 0.1) is 0 Å². The van der Waals surface area contributed by atoms with E-state index in [2.05, 4.69) is 19.2 Å². The molecule has 0 spiro atoms. The molecule has 0 heterocycles. The first kappa shape index (κ1) is 14.3. The van der Waals surface area contributed by atoms with Crippen LogP contribution in [0, 0.1) is 18.2 Å². The Morgan fingerprint density at radius 1 is 1.37 bits per heavy atom. The first-order chi connectivity index (χ1) is 9.07. The van der Waals surface area contributed by atoms with Gasteiger partial charge in [-0.05, 0) is 50.6 Å². The Hall–Kier alpha value is -1.09. The molecule has 0 aromatic heterocycles. The van der Waals surface area contributed by atoms with E-state index in [0.29, 0.717) is 6.04 Å². The van der Waals surface area contributed by atoms with Crippen LogP contribution in [-0.4, -0.2) is 19.2 Å². The summed E-state index contributed by atoms with van der Waals surface area (Å²) in [5.74, 6) is 0.607. The Bertz CT molecular complexity index is 442. The minimum Gasteiger partial charge on any atom is -0.489 e. The molecule has 2 nitrogen and oxygen atoms in total. The van der Waals surface area contributed by atoms with Gasteiger partial charge in [0, 0.05) is 17.9 Å². The van der Waals surface area contributed by atoms with Gasteiger partial charge < -0.3 is 10.1 Å². The molecule has 1 aliphatic rings. The van der Waals surface area contributed by atoms with Gasteiger partial charge >= 0.3 is 0 Å². The summed E-state index contributed by atoms with van der Waals surface area (Å²) in [6.45, 7) is 6.34. The van der Waals surface area contributed by atoms with Crippen molar-refractivity contribution in [3.05, 3.63) is 29.6 Å². The maximum absolute atomic E-state index is 13.1. The normalized spacial score (nSPS) is 24.9. The van der Waals surface area contributed by atoms with Crippen molar-refractivity contribution in [2.24, 2.45) is 5.41 Å². The number of benzene rings is 1. The molecule has 0 aliphatic heterocycles. The highest BCUT2D eigenvalue weighted by molar-refractivity contribution is 5.33. The zero-order chi connectivity index (χ0) is 14.0. The number of hydrogen-bond acceptors (Lipinski definition) is 2. The van der Waals surface area contributed by atoms with Crippen molar-refractivity contribution in [1.29, 1.82) is 0 Å². The van der Waals surface area contributed by atoms with Crippen LogP contribution in [0.25, 0.3) is 0 Å². The molecule has 1 aliphatic carbocycles. The third-order valence-electron chi connectivity index (χ3n) is 4.86. The zero-order valence-corrected chi connectivity index (χ0v) is 12.3. The smallest absolute Gasteiger partial charge is 0.123 e. The van der Waals surface area contributed by atoms with Crippen molar-refractivity contribution in [2.75, 3.05) is 7.05 Å². The van der Waals surface area contributed by atoms with E-state index in [4.69, 9.17) is 4.74 Å². The van der Waals surface area contributed by atoms with E-state index in [1.165, 1.54) is 12.1 Å². The molecule has 1 fully saturated rings. The van der Waals surface area contributed by atoms with Gasteiger partial charge in [-0.25, -0.2) is 4.39 Å². The molecule has 2 atom stereocenters. The topological polar surface area (TPSA) is 21.3 Å². The number of nitrogens with one attached hydrogen (secondary N) is 1. The van der Waals surface area contributed by atoms with E-state index in [9.17, 15) is 4.39 Å². The summed E-state index contributed by atoms with van der Waals surface area (Å²) in [6.07, 6.45) is 3.44. The lowest BCUT2D eigenvalue weighted by Crippen LogP contribution is -2.63. The van der Waals surface area contributed by atoms with Crippen molar-refractivity contribution in [2.45, 2.75) is 52.2 Å². The van der Waals surface area contributed by atoms with Crippen molar-refractivity contribution in [3.8, 4) is 5.75 Å². The third-order valence-corrected chi connectivity index (χ3v) is 4.86. The summed E-state index contributed by atoms with van der Waals surface area (Å²) in [5.41, 5.74) is 1.07. The quantitative estimate of drug-likeness (QED) is 0.877. The van der Waals surface area contributed by atoms with Gasteiger partial charge in [-0.15, -0.1) is 0 Å². The first-order valence-corrected chi connectivity index (χ1v) is 7.17. The van der Waals surface area contributed by atoms with Crippen molar-refractivity contribution in [3.63, 3.8) is 0 Å². The lowest BCUT2D eigenvalue weighted by molar-refractivity contribution is -0.0838. The van der Waals surface area contributed by atoms with Crippen LogP contribution >= 0.6 is 0 Å². The minimum absolute atomic E-state index is 0.204. The molecule has 1 N–H and O–H groups in total. The molecule has 1 aromatic carbocycles. The molecule has 0 amide bonds. The molecule has 0 bridgehead atoms. The van der Waals surface area contributed by atoms with Crippen LogP contribution in [0.1, 0.15) is 38.7 Å². The molecular formula is C16H24FNO. The zero-order valence-electron chi connectivity index (χ0n) is 12.3. The summed E-state index contributed by atoms with van der Waals surface area (Å²) in [6, 6.07) is 5.26. The minimum atomic E-state index is -0.205. The van der Waals surface area contributed by atoms with Crippen LogP contribution in [0.15, 0.2) is 18.2 Å². The summed E-state index contributed by atoms with van der Waals surface area (Å²) in [4.78, 5) is 0. The molecule has 0 radical (unpaired) electrons. The fourth-order valence-electron chi connectivity index (χ4n) is 3.41. The predicted octanol–water partition coefficient (Wildman–Crippen LogP) is 3.68. The number of halogens is 1. The average Bonchev–Trinajstić information content (AvgIpc) is 2.38. The standard InChI is InChI=1S/C16H24FNO/c1-5-16(6-2)14(18-4)10-15(16)19-13-8-7-12(17)9-11(13)3/h7-9,14-15,18H,5-6,10H2,1-4H3. The van der Waals surface area contributed by atoms with Gasteiger partial charge in [0.1, 0.15) is 17.7 Å². The van der Waals surface area contributed by atoms with Gasteiger partial charge in [0.25, 0.3) is 0 Å². The Kier molecular flexibility index (Phi) is 4.14. The summed E-state index contributed by atoms with van der Waals surface area (Å²) < 4.78 is 19.3. The molecule has 2 rings (SSSR count). The maximum Gasteiger partial charge on any atom is 0.123 e. The van der Waals surface area contributed by atoms with Crippen LogP contribution in [0.2, 0.25) is 0 Å². The highest BCUT2D eigenvalue weighted by Gasteiger charge is 2.53. The highest BCUT2D eigenvalue weighted by atomic mass is 19.1. The fourth-order valence-corrected chi connectivity index (χ4v) is 3.41. The van der Waals surface area contributed by atoms with E-state index in [0.717, 1.165) is 30.6 Å². The Labute approximate surface area is 115 Å². The third kappa shape index (κ3) is 2.36. The van der Waals surface area contributed by atoms with Gasteiger partial charge in [-0.2, -0.15) is 0 Å². The average molecular weight is 265 g/mol. The number of ether oxygens (including phenoxy) is 1. The van der Waals surface area contributed by atoms with Crippen LogP contribution in [0.4, 0.5) is 4.39 Å². The van der Waals surface area contributed by atoms with Crippen molar-refractivity contribution >= 4 is 0 Å². The van der Waals surface area contributed by atoms with E-state index in [1.807, 2.05) is 14.0 Å². The Morgan fingerprint density at radius 2 is 2.05 bits per heavy atom. The largest absolute Gasteiger partial charge is 0.489 e. The predicted molar refractivity (Wildman–Crippen MR) is 76.0 cm³/mol. The van der Waals surface area contributed by atoms with Gasteiger partial charge in [0.15, 0.2) is 0 Å². The number of aryl methyl sites for hydroxylation is 1. The van der Waals surface area contributed by atoms with Crippen LogP contribution in [-0.2, 0) is 0 Å². The van der Waals surface area contributed by atoms with Gasteiger partial charge in [0.2, 0.25) is 0 Å². The Balaban J connectivity index is 2.15. The van der Waals surface area contributed by atoms with E-state index in [1.54, 1.807) is 6.07 Å². The van der Waals surface area contributed by atoms with Gasteiger partial charge in [-0.3, -0.25) is 0 Å². The highest BCUT2D eigenvalue weighted by Crippen LogP contribution is 2.49. The van der Waals surface area contributed by atoms with Crippen LogP contribution in [0.3, 0.4) is 0 Å². The Morgan fingerprint density at radius 3 is 2.58 bits per heavy atom. The molecule has 0 saturated heterocycles. The van der Waals surface area contributed by atoms with E-state index < -0.39 is 0 Å². The second kappa shape index (κ2) is 5.49. The summed E-state index contributed by atoms with van der Waals surface area (Å²) >= 11 is 0. The molecule has 2 unspecified atom stereocenters. The summed E-state index contributed by atoms with van der Waals surface area (Å²) in [7, 11) is 2.02. The molecular weight excluding hydrogens is 241 g/mol. The number of hydrogen-bond donors (Lipinski definition) is 1. The van der Waals surface area contributed by atoms with Crippen LogP contribution in [0.5, 0.6) is 5.75 Å². The molecule has 106 valence electrons.